The van der Waals surface area contributed by atoms with Gasteiger partial charge in [-0.3, -0.25) is 0 Å². The summed E-state index contributed by atoms with van der Waals surface area (Å²) in [6, 6.07) is 5.26. The van der Waals surface area contributed by atoms with Crippen LogP contribution in [0.5, 0.6) is 0 Å². The van der Waals surface area contributed by atoms with Gasteiger partial charge in [0.2, 0.25) is 0 Å². The van der Waals surface area contributed by atoms with Crippen molar-refractivity contribution in [1.29, 1.82) is 0 Å². The number of alkyl halides is 3. The summed E-state index contributed by atoms with van der Waals surface area (Å²) in [5.41, 5.74) is 1.51. The fourth-order valence-electron chi connectivity index (χ4n) is 1.35. The molecule has 1 unspecified atom stereocenters. The van der Waals surface area contributed by atoms with Crippen LogP contribution in [0.3, 0.4) is 0 Å². The summed E-state index contributed by atoms with van der Waals surface area (Å²) >= 11 is 3.29. The second-order valence-corrected chi connectivity index (χ2v) is 4.51. The molecule has 0 saturated heterocycles. The Balaban J connectivity index is 2.69. The van der Waals surface area contributed by atoms with Crippen LogP contribution in [0.2, 0.25) is 0 Å². The molecule has 0 bridgehead atoms. The third-order valence-corrected chi connectivity index (χ3v) is 2.81. The standard InChI is InChI=1S/C11H13BrF3NO/c1-2-7-5-8(12)3-4-9(7)16-6-10(17)11(13,14)15/h3-5,10,16-17H,2,6H2,1H3. The van der Waals surface area contributed by atoms with E-state index in [1.54, 1.807) is 12.1 Å². The normalized spacial score (nSPS) is 13.5. The molecule has 6 heteroatoms. The summed E-state index contributed by atoms with van der Waals surface area (Å²) < 4.78 is 37.2. The van der Waals surface area contributed by atoms with Gasteiger partial charge in [0.1, 0.15) is 0 Å². The van der Waals surface area contributed by atoms with Crippen LogP contribution in [0.15, 0.2) is 22.7 Å². The highest BCUT2D eigenvalue weighted by molar-refractivity contribution is 9.10. The fraction of sp³-hybridized carbons (Fsp3) is 0.455. The lowest BCUT2D eigenvalue weighted by molar-refractivity contribution is -0.198. The van der Waals surface area contributed by atoms with E-state index in [9.17, 15) is 13.2 Å². The first-order valence-corrected chi connectivity index (χ1v) is 5.91. The summed E-state index contributed by atoms with van der Waals surface area (Å²) in [7, 11) is 0. The number of nitrogens with one attached hydrogen (secondary N) is 1. The number of halogens is 4. The summed E-state index contributed by atoms with van der Waals surface area (Å²) in [4.78, 5) is 0. The summed E-state index contributed by atoms with van der Waals surface area (Å²) in [6.07, 6.45) is -6.24. The lowest BCUT2D eigenvalue weighted by Crippen LogP contribution is -2.35. The minimum Gasteiger partial charge on any atom is -0.382 e. The molecule has 0 saturated carbocycles. The van der Waals surface area contributed by atoms with Crippen LogP contribution in [0.1, 0.15) is 12.5 Å². The molecule has 2 nitrogen and oxygen atoms in total. The topological polar surface area (TPSA) is 32.3 Å². The smallest absolute Gasteiger partial charge is 0.382 e. The van der Waals surface area contributed by atoms with Gasteiger partial charge in [-0.1, -0.05) is 22.9 Å². The zero-order valence-corrected chi connectivity index (χ0v) is 10.8. The first kappa shape index (κ1) is 14.3. The van der Waals surface area contributed by atoms with Crippen LogP contribution in [-0.4, -0.2) is 23.9 Å². The molecule has 0 aliphatic rings. The highest BCUT2D eigenvalue weighted by Gasteiger charge is 2.37. The van der Waals surface area contributed by atoms with Crippen LogP contribution in [0, 0.1) is 0 Å². The van der Waals surface area contributed by atoms with Crippen molar-refractivity contribution in [3.8, 4) is 0 Å². The van der Waals surface area contributed by atoms with Gasteiger partial charge < -0.3 is 10.4 Å². The molecule has 1 aromatic carbocycles. The number of rotatable bonds is 4. The first-order valence-electron chi connectivity index (χ1n) is 5.11. The zero-order chi connectivity index (χ0) is 13.1. The van der Waals surface area contributed by atoms with Gasteiger partial charge in [0.05, 0.1) is 0 Å². The van der Waals surface area contributed by atoms with E-state index in [0.717, 1.165) is 10.0 Å². The second-order valence-electron chi connectivity index (χ2n) is 3.59. The van der Waals surface area contributed by atoms with Gasteiger partial charge in [-0.2, -0.15) is 13.2 Å². The van der Waals surface area contributed by atoms with Crippen LogP contribution in [0.25, 0.3) is 0 Å². The Labute approximate surface area is 106 Å². The molecule has 0 fully saturated rings. The number of aryl methyl sites for hydroxylation is 1. The molecule has 0 aliphatic heterocycles. The quantitative estimate of drug-likeness (QED) is 0.894. The summed E-state index contributed by atoms with van der Waals surface area (Å²) in [6.45, 7) is 1.37. The van der Waals surface area contributed by atoms with Crippen LogP contribution in [-0.2, 0) is 6.42 Å². The maximum atomic E-state index is 12.1. The molecular weight excluding hydrogens is 299 g/mol. The molecular formula is C11H13BrF3NO. The Morgan fingerprint density at radius 1 is 1.41 bits per heavy atom. The molecule has 0 heterocycles. The Bertz CT molecular complexity index is 381. The highest BCUT2D eigenvalue weighted by atomic mass is 79.9. The Morgan fingerprint density at radius 3 is 2.59 bits per heavy atom. The third-order valence-electron chi connectivity index (χ3n) is 2.31. The van der Waals surface area contributed by atoms with Crippen LogP contribution < -0.4 is 5.32 Å². The van der Waals surface area contributed by atoms with Gasteiger partial charge in [0.15, 0.2) is 6.10 Å². The molecule has 0 aromatic heterocycles. The van der Waals surface area contributed by atoms with Crippen LogP contribution in [0.4, 0.5) is 18.9 Å². The number of anilines is 1. The SMILES string of the molecule is CCc1cc(Br)ccc1NCC(O)C(F)(F)F. The van der Waals surface area contributed by atoms with Crippen molar-refractivity contribution in [3.05, 3.63) is 28.2 Å². The molecule has 0 radical (unpaired) electrons. The van der Waals surface area contributed by atoms with E-state index < -0.39 is 18.8 Å². The lowest BCUT2D eigenvalue weighted by atomic mass is 10.1. The Kier molecular flexibility index (Phi) is 4.82. The largest absolute Gasteiger partial charge is 0.416 e. The monoisotopic (exact) mass is 311 g/mol. The van der Waals surface area contributed by atoms with Gasteiger partial charge in [0.25, 0.3) is 0 Å². The third kappa shape index (κ3) is 4.20. The highest BCUT2D eigenvalue weighted by Crippen LogP contribution is 2.24. The van der Waals surface area contributed by atoms with Crippen LogP contribution >= 0.6 is 15.9 Å². The van der Waals surface area contributed by atoms with E-state index in [2.05, 4.69) is 21.2 Å². The number of hydrogen-bond donors (Lipinski definition) is 2. The maximum absolute atomic E-state index is 12.1. The number of aliphatic hydroxyl groups is 1. The van der Waals surface area contributed by atoms with Gasteiger partial charge in [-0.05, 0) is 30.2 Å². The Morgan fingerprint density at radius 2 is 2.06 bits per heavy atom. The van der Waals surface area contributed by atoms with Gasteiger partial charge >= 0.3 is 6.18 Å². The summed E-state index contributed by atoms with van der Waals surface area (Å²) in [5.74, 6) is 0. The average molecular weight is 312 g/mol. The van der Waals surface area contributed by atoms with E-state index in [1.807, 2.05) is 13.0 Å². The molecule has 0 aliphatic carbocycles. The zero-order valence-electron chi connectivity index (χ0n) is 9.18. The number of aliphatic hydroxyl groups excluding tert-OH is 1. The molecule has 1 rings (SSSR count). The van der Waals surface area contributed by atoms with Crippen molar-refractivity contribution < 1.29 is 18.3 Å². The lowest BCUT2D eigenvalue weighted by Gasteiger charge is -2.17. The summed E-state index contributed by atoms with van der Waals surface area (Å²) in [5, 5.41) is 11.5. The van der Waals surface area contributed by atoms with Crippen molar-refractivity contribution in [1.82, 2.24) is 0 Å². The average Bonchev–Trinajstić information content (AvgIpc) is 2.25. The molecule has 1 atom stereocenters. The number of hydrogen-bond acceptors (Lipinski definition) is 2. The predicted octanol–water partition coefficient (Wildman–Crippen LogP) is 3.35. The minimum absolute atomic E-state index is 0.544. The first-order chi connectivity index (χ1) is 7.84. The van der Waals surface area contributed by atoms with E-state index >= 15 is 0 Å². The van der Waals surface area contributed by atoms with Crippen molar-refractivity contribution in [2.24, 2.45) is 0 Å². The Hall–Kier alpha value is -0.750. The van der Waals surface area contributed by atoms with Crippen molar-refractivity contribution in [2.75, 3.05) is 11.9 Å². The van der Waals surface area contributed by atoms with E-state index in [-0.39, 0.29) is 0 Å². The van der Waals surface area contributed by atoms with E-state index in [0.29, 0.717) is 12.1 Å². The van der Waals surface area contributed by atoms with Crippen molar-refractivity contribution in [2.45, 2.75) is 25.6 Å². The maximum Gasteiger partial charge on any atom is 0.416 e. The molecule has 0 amide bonds. The molecule has 2 N–H and O–H groups in total. The van der Waals surface area contributed by atoms with E-state index in [1.165, 1.54) is 0 Å². The van der Waals surface area contributed by atoms with Gasteiger partial charge in [0, 0.05) is 16.7 Å². The number of benzene rings is 1. The molecule has 17 heavy (non-hydrogen) atoms. The van der Waals surface area contributed by atoms with Crippen molar-refractivity contribution in [3.63, 3.8) is 0 Å². The predicted molar refractivity (Wildman–Crippen MR) is 64.1 cm³/mol. The van der Waals surface area contributed by atoms with Crippen molar-refractivity contribution >= 4 is 21.6 Å². The molecule has 1 aromatic rings. The van der Waals surface area contributed by atoms with Gasteiger partial charge in [-0.25, -0.2) is 0 Å². The molecule has 0 spiro atoms. The molecule has 96 valence electrons. The van der Waals surface area contributed by atoms with E-state index in [4.69, 9.17) is 5.11 Å². The fourth-order valence-corrected chi connectivity index (χ4v) is 1.76. The minimum atomic E-state index is -4.59. The second kappa shape index (κ2) is 5.73. The van der Waals surface area contributed by atoms with Gasteiger partial charge in [-0.15, -0.1) is 0 Å².